The van der Waals surface area contributed by atoms with E-state index in [0.29, 0.717) is 0 Å². The molecule has 3 nitrogen and oxygen atoms in total. The fraction of sp³-hybridized carbons (Fsp3) is 1.00. The van der Waals surface area contributed by atoms with E-state index in [1.165, 1.54) is 0 Å². The summed E-state index contributed by atoms with van der Waals surface area (Å²) in [7, 11) is 0. The maximum atomic E-state index is 13.1. The summed E-state index contributed by atoms with van der Waals surface area (Å²) in [6, 6.07) is -0.0245. The van der Waals surface area contributed by atoms with Crippen LogP contribution in [0, 0.1) is 0 Å². The Bertz CT molecular complexity index is 258. The Hall–Kier alpha value is 0.870. The highest BCUT2D eigenvalue weighted by molar-refractivity contribution is 9.09. The van der Waals surface area contributed by atoms with Crippen LogP contribution in [-0.4, -0.2) is 24.1 Å². The summed E-state index contributed by atoms with van der Waals surface area (Å²) in [6.07, 6.45) is -2.56. The van der Waals surface area contributed by atoms with Gasteiger partial charge in [0.2, 0.25) is 0 Å². The third kappa shape index (κ3) is 6.57. The van der Waals surface area contributed by atoms with E-state index in [9.17, 15) is 8.78 Å². The SMILES string of the molecule is CCOP(=S)(NC(C)CC)OC(F)(F)CBr. The Labute approximate surface area is 109 Å². The summed E-state index contributed by atoms with van der Waals surface area (Å²) in [6.45, 7) is 2.56. The third-order valence-corrected chi connectivity index (χ3v) is 5.07. The zero-order chi connectivity index (χ0) is 12.8. The van der Waals surface area contributed by atoms with Gasteiger partial charge in [-0.3, -0.25) is 4.52 Å². The molecule has 16 heavy (non-hydrogen) atoms. The highest BCUT2D eigenvalue weighted by atomic mass is 79.9. The van der Waals surface area contributed by atoms with Gasteiger partial charge in [0, 0.05) is 6.04 Å². The van der Waals surface area contributed by atoms with Crippen LogP contribution in [0.4, 0.5) is 8.78 Å². The highest BCUT2D eigenvalue weighted by Gasteiger charge is 2.37. The smallest absolute Gasteiger partial charge is 0.318 e. The van der Waals surface area contributed by atoms with Gasteiger partial charge in [-0.2, -0.15) is 8.78 Å². The van der Waals surface area contributed by atoms with E-state index in [2.05, 4.69) is 25.5 Å². The molecule has 0 amide bonds. The third-order valence-electron chi connectivity index (χ3n) is 1.70. The monoisotopic (exact) mass is 339 g/mol. The lowest BCUT2D eigenvalue weighted by molar-refractivity contribution is -0.155. The van der Waals surface area contributed by atoms with Crippen LogP contribution in [0.1, 0.15) is 27.2 Å². The first-order valence-corrected chi connectivity index (χ1v) is 8.71. The van der Waals surface area contributed by atoms with Gasteiger partial charge in [-0.1, -0.05) is 22.9 Å². The van der Waals surface area contributed by atoms with Crippen LogP contribution in [0.25, 0.3) is 0 Å². The maximum Gasteiger partial charge on any atom is 0.371 e. The van der Waals surface area contributed by atoms with Crippen molar-refractivity contribution in [2.24, 2.45) is 0 Å². The molecule has 0 radical (unpaired) electrons. The summed E-state index contributed by atoms with van der Waals surface area (Å²) < 4.78 is 35.9. The van der Waals surface area contributed by atoms with Crippen molar-refractivity contribution in [2.45, 2.75) is 39.3 Å². The molecule has 98 valence electrons. The van der Waals surface area contributed by atoms with Gasteiger partial charge in [-0.05, 0) is 32.1 Å². The summed E-state index contributed by atoms with van der Waals surface area (Å²) in [4.78, 5) is 0. The molecule has 0 saturated heterocycles. The molecule has 0 heterocycles. The van der Waals surface area contributed by atoms with Gasteiger partial charge in [0.15, 0.2) is 0 Å². The van der Waals surface area contributed by atoms with Crippen molar-refractivity contribution >= 4 is 34.4 Å². The first-order chi connectivity index (χ1) is 7.28. The van der Waals surface area contributed by atoms with Crippen LogP contribution in [0.5, 0.6) is 0 Å². The van der Waals surface area contributed by atoms with Crippen LogP contribution in [0.2, 0.25) is 0 Å². The predicted octanol–water partition coefficient (Wildman–Crippen LogP) is 3.64. The Morgan fingerprint density at radius 1 is 1.50 bits per heavy atom. The van der Waals surface area contributed by atoms with E-state index in [-0.39, 0.29) is 12.6 Å². The Morgan fingerprint density at radius 2 is 2.06 bits per heavy atom. The molecule has 0 saturated carbocycles. The van der Waals surface area contributed by atoms with Crippen molar-refractivity contribution in [1.29, 1.82) is 0 Å². The lowest BCUT2D eigenvalue weighted by Gasteiger charge is -2.28. The van der Waals surface area contributed by atoms with Gasteiger partial charge in [0.25, 0.3) is 6.64 Å². The molecule has 0 aliphatic carbocycles. The second-order valence-corrected chi connectivity index (χ2v) is 6.91. The topological polar surface area (TPSA) is 30.5 Å². The average Bonchev–Trinajstić information content (AvgIpc) is 2.16. The number of nitrogens with one attached hydrogen (secondary N) is 1. The van der Waals surface area contributed by atoms with Crippen molar-refractivity contribution in [2.75, 3.05) is 11.9 Å². The molecule has 0 aliphatic rings. The minimum Gasteiger partial charge on any atom is -0.318 e. The minimum atomic E-state index is -3.31. The standard InChI is InChI=1S/C8H17BrF2NO2PS/c1-4-7(3)12-15(16,13-5-2)14-8(10,11)6-9/h7H,4-6H2,1-3H3,(H,12,16). The summed E-state index contributed by atoms with van der Waals surface area (Å²) in [5.74, 6) is 0. The second-order valence-electron chi connectivity index (χ2n) is 3.22. The van der Waals surface area contributed by atoms with Crippen molar-refractivity contribution in [3.8, 4) is 0 Å². The molecule has 0 fully saturated rings. The summed E-state index contributed by atoms with van der Waals surface area (Å²) >= 11 is 7.68. The molecule has 0 aliphatic heterocycles. The Morgan fingerprint density at radius 3 is 2.44 bits per heavy atom. The molecular formula is C8H17BrF2NO2PS. The molecule has 8 heteroatoms. The molecule has 0 spiro atoms. The van der Waals surface area contributed by atoms with Crippen molar-refractivity contribution in [3.05, 3.63) is 0 Å². The fourth-order valence-electron chi connectivity index (χ4n) is 0.821. The molecule has 0 rings (SSSR count). The van der Waals surface area contributed by atoms with E-state index in [1.54, 1.807) is 6.92 Å². The molecular weight excluding hydrogens is 323 g/mol. The van der Waals surface area contributed by atoms with Gasteiger partial charge in [-0.25, -0.2) is 5.09 Å². The molecule has 2 atom stereocenters. The minimum absolute atomic E-state index is 0.0245. The first-order valence-electron chi connectivity index (χ1n) is 4.95. The molecule has 0 bridgehead atoms. The Balaban J connectivity index is 4.63. The average molecular weight is 340 g/mol. The van der Waals surface area contributed by atoms with Crippen molar-refractivity contribution < 1.29 is 17.8 Å². The van der Waals surface area contributed by atoms with E-state index < -0.39 is 18.1 Å². The number of hydrogen-bond donors (Lipinski definition) is 1. The predicted molar refractivity (Wildman–Crippen MR) is 68.6 cm³/mol. The summed E-state index contributed by atoms with van der Waals surface area (Å²) in [5.41, 5.74) is 0. The highest BCUT2D eigenvalue weighted by Crippen LogP contribution is 2.49. The second kappa shape index (κ2) is 7.34. The molecule has 1 N–H and O–H groups in total. The number of alkyl halides is 3. The van der Waals surface area contributed by atoms with Crippen LogP contribution in [0.3, 0.4) is 0 Å². The van der Waals surface area contributed by atoms with Crippen LogP contribution >= 0.6 is 22.6 Å². The molecule has 2 unspecified atom stereocenters. The van der Waals surface area contributed by atoms with Crippen molar-refractivity contribution in [1.82, 2.24) is 5.09 Å². The van der Waals surface area contributed by atoms with E-state index >= 15 is 0 Å². The maximum absolute atomic E-state index is 13.1. The molecule has 0 aromatic heterocycles. The number of halogens is 3. The van der Waals surface area contributed by atoms with Crippen LogP contribution in [0.15, 0.2) is 0 Å². The van der Waals surface area contributed by atoms with Crippen molar-refractivity contribution in [3.63, 3.8) is 0 Å². The van der Waals surface area contributed by atoms with Gasteiger partial charge < -0.3 is 4.52 Å². The Kier molecular flexibility index (Phi) is 7.74. The normalized spacial score (nSPS) is 18.1. The largest absolute Gasteiger partial charge is 0.371 e. The quantitative estimate of drug-likeness (QED) is 0.540. The van der Waals surface area contributed by atoms with Crippen LogP contribution in [-0.2, 0) is 20.9 Å². The van der Waals surface area contributed by atoms with Gasteiger partial charge >= 0.3 is 6.11 Å². The zero-order valence-corrected chi connectivity index (χ0v) is 12.8. The van der Waals surface area contributed by atoms with Gasteiger partial charge in [0.05, 0.1) is 11.9 Å². The van der Waals surface area contributed by atoms with Gasteiger partial charge in [0.1, 0.15) is 0 Å². The van der Waals surface area contributed by atoms with E-state index in [4.69, 9.17) is 16.3 Å². The molecule has 0 aromatic carbocycles. The fourth-order valence-corrected chi connectivity index (χ4v) is 3.95. The first kappa shape index (κ1) is 16.9. The summed E-state index contributed by atoms with van der Waals surface area (Å²) in [5, 5.41) is 2.21. The zero-order valence-electron chi connectivity index (χ0n) is 9.50. The lowest BCUT2D eigenvalue weighted by atomic mass is 10.3. The molecule has 0 aromatic rings. The van der Waals surface area contributed by atoms with Crippen LogP contribution < -0.4 is 5.09 Å². The van der Waals surface area contributed by atoms with Gasteiger partial charge in [-0.15, -0.1) is 0 Å². The van der Waals surface area contributed by atoms with E-state index in [1.807, 2.05) is 13.8 Å². The number of hydrogen-bond acceptors (Lipinski definition) is 3. The lowest BCUT2D eigenvalue weighted by Crippen LogP contribution is -2.30. The van der Waals surface area contributed by atoms with E-state index in [0.717, 1.165) is 6.42 Å². The number of rotatable bonds is 8.